The van der Waals surface area contributed by atoms with Gasteiger partial charge in [0, 0.05) is 17.7 Å². The van der Waals surface area contributed by atoms with E-state index in [1.807, 2.05) is 12.4 Å². The first-order valence-corrected chi connectivity index (χ1v) is 8.56. The van der Waals surface area contributed by atoms with Gasteiger partial charge in [-0.1, -0.05) is 60.7 Å². The molecule has 0 saturated carbocycles. The Morgan fingerprint density at radius 1 is 0.833 bits per heavy atom. The highest BCUT2D eigenvalue weighted by Crippen LogP contribution is 2.31. The van der Waals surface area contributed by atoms with Gasteiger partial charge >= 0.3 is 0 Å². The molecule has 24 heavy (non-hydrogen) atoms. The Morgan fingerprint density at radius 3 is 2.08 bits per heavy atom. The van der Waals surface area contributed by atoms with Gasteiger partial charge in [0.2, 0.25) is 0 Å². The average molecular weight is 319 g/mol. The van der Waals surface area contributed by atoms with Gasteiger partial charge in [0.15, 0.2) is 0 Å². The summed E-state index contributed by atoms with van der Waals surface area (Å²) in [6, 6.07) is 21.0. The zero-order valence-electron chi connectivity index (χ0n) is 14.5. The summed E-state index contributed by atoms with van der Waals surface area (Å²) >= 11 is 0. The van der Waals surface area contributed by atoms with Crippen LogP contribution >= 0.6 is 0 Å². The standard InChI is InChI=1S/C21H25N3/c1-23(2)15-9-10-16-24-17-22-20(18-11-5-3-6-12-18)21(24)19-13-7-4-8-14-19/h3-8,11-14,17H,9-10,15-16H2,1-2H3. The second kappa shape index (κ2) is 7.93. The van der Waals surface area contributed by atoms with Crippen LogP contribution in [0.2, 0.25) is 0 Å². The lowest BCUT2D eigenvalue weighted by Gasteiger charge is -2.12. The predicted octanol–water partition coefficient (Wildman–Crippen LogP) is 4.56. The van der Waals surface area contributed by atoms with Crippen molar-refractivity contribution in [2.45, 2.75) is 19.4 Å². The van der Waals surface area contributed by atoms with Gasteiger partial charge in [0.1, 0.15) is 0 Å². The Hall–Kier alpha value is -2.39. The summed E-state index contributed by atoms with van der Waals surface area (Å²) in [6.45, 7) is 2.12. The molecule has 3 nitrogen and oxygen atoms in total. The van der Waals surface area contributed by atoms with Crippen LogP contribution in [-0.2, 0) is 6.54 Å². The summed E-state index contributed by atoms with van der Waals surface area (Å²) in [4.78, 5) is 6.97. The van der Waals surface area contributed by atoms with E-state index in [1.165, 1.54) is 23.2 Å². The number of unbranched alkanes of at least 4 members (excludes halogenated alkanes) is 1. The fourth-order valence-electron chi connectivity index (χ4n) is 2.97. The minimum atomic E-state index is 0.998. The summed E-state index contributed by atoms with van der Waals surface area (Å²) in [5, 5.41) is 0. The number of nitrogens with zero attached hydrogens (tertiary/aromatic N) is 3. The van der Waals surface area contributed by atoms with Gasteiger partial charge in [-0.3, -0.25) is 0 Å². The Balaban J connectivity index is 1.90. The van der Waals surface area contributed by atoms with E-state index < -0.39 is 0 Å². The van der Waals surface area contributed by atoms with Crippen LogP contribution < -0.4 is 0 Å². The smallest absolute Gasteiger partial charge is 0.0963 e. The van der Waals surface area contributed by atoms with Crippen molar-refractivity contribution in [3.05, 3.63) is 67.0 Å². The minimum absolute atomic E-state index is 0.998. The molecule has 0 fully saturated rings. The van der Waals surface area contributed by atoms with Crippen molar-refractivity contribution in [1.82, 2.24) is 14.5 Å². The molecule has 3 heteroatoms. The van der Waals surface area contributed by atoms with Crippen LogP contribution in [0.4, 0.5) is 0 Å². The lowest BCUT2D eigenvalue weighted by molar-refractivity contribution is 0.388. The van der Waals surface area contributed by atoms with Crippen molar-refractivity contribution >= 4 is 0 Å². The Kier molecular flexibility index (Phi) is 5.44. The average Bonchev–Trinajstić information content (AvgIpc) is 3.04. The van der Waals surface area contributed by atoms with E-state index in [1.54, 1.807) is 0 Å². The van der Waals surface area contributed by atoms with Crippen LogP contribution in [0.5, 0.6) is 0 Å². The van der Waals surface area contributed by atoms with Gasteiger partial charge in [-0.05, 0) is 33.5 Å². The molecule has 3 aromatic rings. The predicted molar refractivity (Wildman–Crippen MR) is 101 cm³/mol. The molecule has 0 unspecified atom stereocenters. The number of hydrogen-bond donors (Lipinski definition) is 0. The van der Waals surface area contributed by atoms with E-state index in [0.717, 1.165) is 25.2 Å². The maximum atomic E-state index is 4.73. The van der Waals surface area contributed by atoms with Crippen LogP contribution in [0.3, 0.4) is 0 Å². The van der Waals surface area contributed by atoms with E-state index >= 15 is 0 Å². The molecule has 2 aromatic carbocycles. The number of benzene rings is 2. The highest BCUT2D eigenvalue weighted by Gasteiger charge is 2.14. The van der Waals surface area contributed by atoms with Crippen LogP contribution in [0.25, 0.3) is 22.5 Å². The second-order valence-corrected chi connectivity index (χ2v) is 6.38. The lowest BCUT2D eigenvalue weighted by atomic mass is 10.0. The number of aryl methyl sites for hydroxylation is 1. The molecule has 124 valence electrons. The monoisotopic (exact) mass is 319 g/mol. The SMILES string of the molecule is CN(C)CCCCn1cnc(-c2ccccc2)c1-c1ccccc1. The molecule has 0 aliphatic heterocycles. The molecule has 0 radical (unpaired) electrons. The Bertz CT molecular complexity index is 745. The van der Waals surface area contributed by atoms with Crippen LogP contribution in [0, 0.1) is 0 Å². The van der Waals surface area contributed by atoms with Crippen molar-refractivity contribution in [2.75, 3.05) is 20.6 Å². The molecule has 0 atom stereocenters. The van der Waals surface area contributed by atoms with E-state index in [2.05, 4.69) is 78.2 Å². The molecule has 0 bridgehead atoms. The molecular weight excluding hydrogens is 294 g/mol. The topological polar surface area (TPSA) is 21.1 Å². The van der Waals surface area contributed by atoms with Gasteiger partial charge in [0.05, 0.1) is 17.7 Å². The zero-order valence-corrected chi connectivity index (χ0v) is 14.5. The summed E-state index contributed by atoms with van der Waals surface area (Å²) < 4.78 is 2.30. The highest BCUT2D eigenvalue weighted by molar-refractivity contribution is 5.78. The third kappa shape index (κ3) is 3.92. The molecule has 0 aliphatic carbocycles. The second-order valence-electron chi connectivity index (χ2n) is 6.38. The molecule has 0 aliphatic rings. The van der Waals surface area contributed by atoms with Crippen molar-refractivity contribution in [1.29, 1.82) is 0 Å². The molecule has 0 N–H and O–H groups in total. The van der Waals surface area contributed by atoms with Gasteiger partial charge < -0.3 is 9.47 Å². The normalized spacial score (nSPS) is 11.1. The molecule has 1 aromatic heterocycles. The van der Waals surface area contributed by atoms with Crippen LogP contribution in [0.15, 0.2) is 67.0 Å². The molecule has 3 rings (SSSR count). The van der Waals surface area contributed by atoms with Crippen molar-refractivity contribution in [3.8, 4) is 22.5 Å². The number of imidazole rings is 1. The van der Waals surface area contributed by atoms with Crippen LogP contribution in [0.1, 0.15) is 12.8 Å². The fraction of sp³-hybridized carbons (Fsp3) is 0.286. The summed E-state index contributed by atoms with van der Waals surface area (Å²) in [5.74, 6) is 0. The first-order chi connectivity index (χ1) is 11.8. The zero-order chi connectivity index (χ0) is 16.8. The lowest BCUT2D eigenvalue weighted by Crippen LogP contribution is -2.13. The van der Waals surface area contributed by atoms with Gasteiger partial charge in [-0.25, -0.2) is 4.98 Å². The Morgan fingerprint density at radius 2 is 1.46 bits per heavy atom. The number of rotatable bonds is 7. The van der Waals surface area contributed by atoms with Crippen LogP contribution in [-0.4, -0.2) is 35.1 Å². The minimum Gasteiger partial charge on any atom is -0.330 e. The van der Waals surface area contributed by atoms with Crippen molar-refractivity contribution < 1.29 is 0 Å². The first kappa shape index (κ1) is 16.5. The summed E-state index contributed by atoms with van der Waals surface area (Å²) in [5.41, 5.74) is 4.67. The largest absolute Gasteiger partial charge is 0.330 e. The van der Waals surface area contributed by atoms with Gasteiger partial charge in [0.25, 0.3) is 0 Å². The van der Waals surface area contributed by atoms with Gasteiger partial charge in [-0.15, -0.1) is 0 Å². The van der Waals surface area contributed by atoms with Crippen molar-refractivity contribution in [2.24, 2.45) is 0 Å². The van der Waals surface area contributed by atoms with E-state index in [0.29, 0.717) is 0 Å². The number of hydrogen-bond acceptors (Lipinski definition) is 2. The molecule has 0 amide bonds. The quantitative estimate of drug-likeness (QED) is 0.595. The van der Waals surface area contributed by atoms with E-state index in [9.17, 15) is 0 Å². The maximum absolute atomic E-state index is 4.73. The third-order valence-corrected chi connectivity index (χ3v) is 4.19. The first-order valence-electron chi connectivity index (χ1n) is 8.56. The Labute approximate surface area is 144 Å². The number of aromatic nitrogens is 2. The molecular formula is C21H25N3. The van der Waals surface area contributed by atoms with E-state index in [4.69, 9.17) is 4.98 Å². The molecule has 1 heterocycles. The molecule has 0 spiro atoms. The van der Waals surface area contributed by atoms with E-state index in [-0.39, 0.29) is 0 Å². The van der Waals surface area contributed by atoms with Gasteiger partial charge in [-0.2, -0.15) is 0 Å². The highest BCUT2D eigenvalue weighted by atomic mass is 15.1. The fourth-order valence-corrected chi connectivity index (χ4v) is 2.97. The third-order valence-electron chi connectivity index (χ3n) is 4.19. The summed E-state index contributed by atoms with van der Waals surface area (Å²) in [6.07, 6.45) is 4.34. The molecule has 0 saturated heterocycles. The van der Waals surface area contributed by atoms with Crippen molar-refractivity contribution in [3.63, 3.8) is 0 Å². The maximum Gasteiger partial charge on any atom is 0.0963 e. The summed E-state index contributed by atoms with van der Waals surface area (Å²) in [7, 11) is 4.25.